The Kier molecular flexibility index (Phi) is 4.40. The summed E-state index contributed by atoms with van der Waals surface area (Å²) in [6.07, 6.45) is 6.76. The number of nitrogens with one attached hydrogen (secondary N) is 1. The van der Waals surface area contributed by atoms with Crippen molar-refractivity contribution in [3.63, 3.8) is 0 Å². The van der Waals surface area contributed by atoms with E-state index in [0.717, 1.165) is 5.92 Å². The van der Waals surface area contributed by atoms with E-state index in [-0.39, 0.29) is 6.04 Å². The van der Waals surface area contributed by atoms with Crippen molar-refractivity contribution >= 4 is 12.8 Å². The third-order valence-electron chi connectivity index (χ3n) is 2.87. The number of hydrogen-bond donors (Lipinski definition) is 3. The second-order valence-electron chi connectivity index (χ2n) is 3.91. The SMILES string of the molecule is CC(N)C(NS)C1CCCCC1. The smallest absolute Gasteiger partial charge is 0.0346 e. The number of rotatable bonds is 3. The summed E-state index contributed by atoms with van der Waals surface area (Å²) in [5, 5.41) is 0. The summed E-state index contributed by atoms with van der Waals surface area (Å²) < 4.78 is 3.04. The van der Waals surface area contributed by atoms with Gasteiger partial charge in [-0.05, 0) is 25.7 Å². The largest absolute Gasteiger partial charge is 0.326 e. The molecule has 0 aliphatic heterocycles. The van der Waals surface area contributed by atoms with Crippen LogP contribution in [0.4, 0.5) is 0 Å². The van der Waals surface area contributed by atoms with Crippen LogP contribution in [-0.4, -0.2) is 12.1 Å². The molecule has 3 N–H and O–H groups in total. The second-order valence-corrected chi connectivity index (χ2v) is 4.17. The summed E-state index contributed by atoms with van der Waals surface area (Å²) in [7, 11) is 0. The van der Waals surface area contributed by atoms with Crippen molar-refractivity contribution in [2.75, 3.05) is 0 Å². The molecule has 0 bridgehead atoms. The lowest BCUT2D eigenvalue weighted by molar-refractivity contribution is 0.273. The van der Waals surface area contributed by atoms with Gasteiger partial charge in [-0.1, -0.05) is 32.1 Å². The molecule has 0 spiro atoms. The van der Waals surface area contributed by atoms with Gasteiger partial charge < -0.3 is 5.73 Å². The number of hydrogen-bond acceptors (Lipinski definition) is 3. The first kappa shape index (κ1) is 10.4. The molecular formula is C9H20N2S. The third-order valence-corrected chi connectivity index (χ3v) is 3.17. The second kappa shape index (κ2) is 5.10. The predicted molar refractivity (Wildman–Crippen MR) is 56.1 cm³/mol. The van der Waals surface area contributed by atoms with E-state index in [1.807, 2.05) is 0 Å². The normalized spacial score (nSPS) is 25.2. The van der Waals surface area contributed by atoms with Crippen molar-refractivity contribution in [1.29, 1.82) is 0 Å². The minimum Gasteiger partial charge on any atom is -0.326 e. The summed E-state index contributed by atoms with van der Waals surface area (Å²) in [6.45, 7) is 2.06. The Balaban J connectivity index is 2.40. The molecular weight excluding hydrogens is 168 g/mol. The molecule has 3 heteroatoms. The Bertz CT molecular complexity index is 122. The van der Waals surface area contributed by atoms with E-state index in [2.05, 4.69) is 24.5 Å². The lowest BCUT2D eigenvalue weighted by atomic mass is 9.82. The maximum absolute atomic E-state index is 5.87. The van der Waals surface area contributed by atoms with E-state index in [9.17, 15) is 0 Å². The Morgan fingerprint density at radius 2 is 1.92 bits per heavy atom. The van der Waals surface area contributed by atoms with Crippen molar-refractivity contribution in [3.8, 4) is 0 Å². The average molecular weight is 188 g/mol. The molecule has 2 unspecified atom stereocenters. The lowest BCUT2D eigenvalue weighted by Crippen LogP contribution is -2.45. The molecule has 1 rings (SSSR count). The first-order chi connectivity index (χ1) is 5.75. The van der Waals surface area contributed by atoms with Crippen molar-refractivity contribution in [1.82, 2.24) is 4.72 Å². The minimum absolute atomic E-state index is 0.214. The zero-order chi connectivity index (χ0) is 8.97. The van der Waals surface area contributed by atoms with E-state index in [1.165, 1.54) is 32.1 Å². The molecule has 1 fully saturated rings. The first-order valence-electron chi connectivity index (χ1n) is 4.91. The van der Waals surface area contributed by atoms with Crippen LogP contribution in [0.3, 0.4) is 0 Å². The fourth-order valence-electron chi connectivity index (χ4n) is 2.15. The molecule has 0 aromatic carbocycles. The van der Waals surface area contributed by atoms with Crippen LogP contribution in [0.2, 0.25) is 0 Å². The van der Waals surface area contributed by atoms with Crippen LogP contribution in [-0.2, 0) is 0 Å². The van der Waals surface area contributed by atoms with Gasteiger partial charge in [-0.2, -0.15) is 0 Å². The van der Waals surface area contributed by atoms with Crippen LogP contribution >= 0.6 is 12.8 Å². The standard InChI is InChI=1S/C9H20N2S/c1-7(10)9(11-12)8-5-3-2-4-6-8/h7-9,11-12H,2-6,10H2,1H3. The molecule has 0 heterocycles. The summed E-state index contributed by atoms with van der Waals surface area (Å²) in [5.74, 6) is 0.747. The summed E-state index contributed by atoms with van der Waals surface area (Å²) in [5.41, 5.74) is 5.87. The third kappa shape index (κ3) is 2.64. The van der Waals surface area contributed by atoms with Crippen molar-refractivity contribution < 1.29 is 0 Å². The molecule has 72 valence electrons. The van der Waals surface area contributed by atoms with Gasteiger partial charge in [0, 0.05) is 12.1 Å². The summed E-state index contributed by atoms with van der Waals surface area (Å²) in [6, 6.07) is 0.610. The lowest BCUT2D eigenvalue weighted by Gasteiger charge is -2.31. The molecule has 0 radical (unpaired) electrons. The first-order valence-corrected chi connectivity index (χ1v) is 5.35. The van der Waals surface area contributed by atoms with E-state index >= 15 is 0 Å². The van der Waals surface area contributed by atoms with Gasteiger partial charge >= 0.3 is 0 Å². The van der Waals surface area contributed by atoms with E-state index < -0.39 is 0 Å². The number of thiol groups is 1. The molecule has 0 aromatic heterocycles. The van der Waals surface area contributed by atoms with Gasteiger partial charge in [0.05, 0.1) is 0 Å². The maximum Gasteiger partial charge on any atom is 0.0346 e. The Hall–Kier alpha value is 0.270. The van der Waals surface area contributed by atoms with E-state index in [0.29, 0.717) is 6.04 Å². The molecule has 12 heavy (non-hydrogen) atoms. The van der Waals surface area contributed by atoms with Crippen LogP contribution in [0.1, 0.15) is 39.0 Å². The van der Waals surface area contributed by atoms with Crippen LogP contribution in [0.25, 0.3) is 0 Å². The van der Waals surface area contributed by atoms with Crippen LogP contribution in [0.15, 0.2) is 0 Å². The van der Waals surface area contributed by atoms with Crippen molar-refractivity contribution in [2.24, 2.45) is 11.7 Å². The maximum atomic E-state index is 5.87. The number of nitrogens with two attached hydrogens (primary N) is 1. The van der Waals surface area contributed by atoms with E-state index in [4.69, 9.17) is 5.73 Å². The Morgan fingerprint density at radius 1 is 1.33 bits per heavy atom. The highest BCUT2D eigenvalue weighted by Crippen LogP contribution is 2.27. The van der Waals surface area contributed by atoms with Gasteiger partial charge in [0.25, 0.3) is 0 Å². The van der Waals surface area contributed by atoms with Gasteiger partial charge in [0.15, 0.2) is 0 Å². The zero-order valence-electron chi connectivity index (χ0n) is 7.79. The monoisotopic (exact) mass is 188 g/mol. The fourth-order valence-corrected chi connectivity index (χ4v) is 2.59. The molecule has 0 saturated heterocycles. The summed E-state index contributed by atoms with van der Waals surface area (Å²) >= 11 is 4.14. The fraction of sp³-hybridized carbons (Fsp3) is 1.00. The van der Waals surface area contributed by atoms with Gasteiger partial charge in [0.2, 0.25) is 0 Å². The quantitative estimate of drug-likeness (QED) is 0.590. The molecule has 2 atom stereocenters. The highest BCUT2D eigenvalue weighted by molar-refractivity contribution is 7.78. The molecule has 1 saturated carbocycles. The molecule has 0 aromatic rings. The van der Waals surface area contributed by atoms with Gasteiger partial charge in [-0.15, -0.1) is 0 Å². The predicted octanol–water partition coefficient (Wildman–Crippen LogP) is 1.72. The topological polar surface area (TPSA) is 38.0 Å². The summed E-state index contributed by atoms with van der Waals surface area (Å²) in [4.78, 5) is 0. The highest BCUT2D eigenvalue weighted by atomic mass is 32.1. The van der Waals surface area contributed by atoms with Crippen molar-refractivity contribution in [2.45, 2.75) is 51.1 Å². The van der Waals surface area contributed by atoms with Gasteiger partial charge in [0.1, 0.15) is 0 Å². The average Bonchev–Trinajstić information content (AvgIpc) is 2.07. The van der Waals surface area contributed by atoms with Crippen molar-refractivity contribution in [3.05, 3.63) is 0 Å². The minimum atomic E-state index is 0.214. The van der Waals surface area contributed by atoms with Crippen LogP contribution < -0.4 is 10.5 Å². The van der Waals surface area contributed by atoms with Gasteiger partial charge in [-0.3, -0.25) is 4.72 Å². The van der Waals surface area contributed by atoms with Crippen LogP contribution in [0, 0.1) is 5.92 Å². The molecule has 1 aliphatic rings. The molecule has 0 amide bonds. The Labute approximate surface area is 80.8 Å². The highest BCUT2D eigenvalue weighted by Gasteiger charge is 2.24. The molecule has 1 aliphatic carbocycles. The zero-order valence-corrected chi connectivity index (χ0v) is 8.69. The Morgan fingerprint density at radius 3 is 2.33 bits per heavy atom. The van der Waals surface area contributed by atoms with Gasteiger partial charge in [-0.25, -0.2) is 0 Å². The molecule has 2 nitrogen and oxygen atoms in total. The van der Waals surface area contributed by atoms with E-state index in [1.54, 1.807) is 0 Å². The van der Waals surface area contributed by atoms with Crippen LogP contribution in [0.5, 0.6) is 0 Å².